The first-order chi connectivity index (χ1) is 14.5. The lowest BCUT2D eigenvalue weighted by Crippen LogP contribution is -2.67. The molecule has 2 aromatic rings. The summed E-state index contributed by atoms with van der Waals surface area (Å²) in [7, 11) is -2.61. The van der Waals surface area contributed by atoms with E-state index in [1.165, 1.54) is 7.05 Å². The van der Waals surface area contributed by atoms with E-state index >= 15 is 0 Å². The molecule has 0 spiro atoms. The third-order valence-electron chi connectivity index (χ3n) is 5.38. The maximum absolute atomic E-state index is 14.1. The number of amides is 2. The van der Waals surface area contributed by atoms with Gasteiger partial charge in [0.2, 0.25) is 5.91 Å². The lowest BCUT2D eigenvalue weighted by atomic mass is 9.72. The zero-order valence-corrected chi connectivity index (χ0v) is 18.5. The Kier molecular flexibility index (Phi) is 6.38. The highest BCUT2D eigenvalue weighted by atomic mass is 35.5. The van der Waals surface area contributed by atoms with Crippen LogP contribution < -0.4 is 15.8 Å². The lowest BCUT2D eigenvalue weighted by molar-refractivity contribution is -0.125. The van der Waals surface area contributed by atoms with Crippen LogP contribution in [0.15, 0.2) is 36.4 Å². The standard InChI is InChI=1S/C20H22ClFN4O4S/c1-3-12-6-4-5-7-14(12)20(10-26(11-20)31(23,29)30)19(28)25-17-9-16(22)15(21)8-13(17)18(27)24-2/h4-9H,3,10-11H2,1-2H3,(H,24,27)(H,25,28)(H2,23,29,30). The summed E-state index contributed by atoms with van der Waals surface area (Å²) in [4.78, 5) is 25.7. The highest BCUT2D eigenvalue weighted by Crippen LogP contribution is 2.39. The maximum Gasteiger partial charge on any atom is 0.276 e. The summed E-state index contributed by atoms with van der Waals surface area (Å²) < 4.78 is 38.7. The summed E-state index contributed by atoms with van der Waals surface area (Å²) in [6.45, 7) is 1.55. The van der Waals surface area contributed by atoms with Crippen LogP contribution in [0.2, 0.25) is 5.02 Å². The predicted molar refractivity (Wildman–Crippen MR) is 116 cm³/mol. The van der Waals surface area contributed by atoms with Crippen LogP contribution in [0.1, 0.15) is 28.4 Å². The Labute approximate surface area is 184 Å². The molecule has 1 fully saturated rings. The molecule has 0 unspecified atom stereocenters. The zero-order chi connectivity index (χ0) is 23.0. The Hall–Kier alpha value is -2.53. The molecule has 166 valence electrons. The summed E-state index contributed by atoms with van der Waals surface area (Å²) >= 11 is 5.80. The third kappa shape index (κ3) is 4.29. The van der Waals surface area contributed by atoms with Crippen LogP contribution in [0, 0.1) is 5.82 Å². The number of aryl methyl sites for hydroxylation is 1. The van der Waals surface area contributed by atoms with Gasteiger partial charge >= 0.3 is 0 Å². The van der Waals surface area contributed by atoms with E-state index in [0.717, 1.165) is 22.0 Å². The largest absolute Gasteiger partial charge is 0.355 e. The minimum atomic E-state index is -4.00. The summed E-state index contributed by atoms with van der Waals surface area (Å²) in [6.07, 6.45) is 0.611. The molecule has 8 nitrogen and oxygen atoms in total. The van der Waals surface area contributed by atoms with Crippen molar-refractivity contribution in [2.24, 2.45) is 5.14 Å². The van der Waals surface area contributed by atoms with E-state index in [4.69, 9.17) is 16.7 Å². The summed E-state index contributed by atoms with van der Waals surface area (Å²) in [5, 5.41) is 9.97. The Morgan fingerprint density at radius 1 is 1.26 bits per heavy atom. The number of nitrogens with one attached hydrogen (secondary N) is 2. The van der Waals surface area contributed by atoms with Gasteiger partial charge in [-0.05, 0) is 29.7 Å². The Morgan fingerprint density at radius 3 is 2.48 bits per heavy atom. The summed E-state index contributed by atoms with van der Waals surface area (Å²) in [5.41, 5.74) is 0.151. The van der Waals surface area contributed by atoms with Gasteiger partial charge in [-0.2, -0.15) is 12.7 Å². The molecule has 0 atom stereocenters. The number of anilines is 1. The minimum Gasteiger partial charge on any atom is -0.355 e. The van der Waals surface area contributed by atoms with Crippen molar-refractivity contribution in [3.8, 4) is 0 Å². The fourth-order valence-corrected chi connectivity index (χ4v) is 4.65. The molecule has 1 saturated heterocycles. The molecule has 4 N–H and O–H groups in total. The molecule has 0 aromatic heterocycles. The molecule has 31 heavy (non-hydrogen) atoms. The number of benzene rings is 2. The predicted octanol–water partition coefficient (Wildman–Crippen LogP) is 1.80. The molecule has 3 rings (SSSR count). The molecular weight excluding hydrogens is 447 g/mol. The van der Waals surface area contributed by atoms with Crippen LogP contribution in [-0.4, -0.2) is 44.7 Å². The molecule has 1 aliphatic rings. The number of carbonyl (C=O) groups is 2. The van der Waals surface area contributed by atoms with Crippen molar-refractivity contribution in [2.75, 3.05) is 25.5 Å². The van der Waals surface area contributed by atoms with Gasteiger partial charge in [0.1, 0.15) is 11.2 Å². The first kappa shape index (κ1) is 23.1. The second kappa shape index (κ2) is 8.54. The first-order valence-electron chi connectivity index (χ1n) is 9.42. The summed E-state index contributed by atoms with van der Waals surface area (Å²) in [5.74, 6) is -1.97. The van der Waals surface area contributed by atoms with E-state index in [-0.39, 0.29) is 29.4 Å². The molecule has 2 amide bonds. The number of nitrogens with two attached hydrogens (primary N) is 1. The molecule has 1 heterocycles. The van der Waals surface area contributed by atoms with Gasteiger partial charge in [0.05, 0.1) is 16.3 Å². The van der Waals surface area contributed by atoms with Crippen LogP contribution in [-0.2, 0) is 26.8 Å². The number of hydrogen-bond donors (Lipinski definition) is 3. The van der Waals surface area contributed by atoms with Crippen molar-refractivity contribution >= 4 is 39.3 Å². The monoisotopic (exact) mass is 468 g/mol. The van der Waals surface area contributed by atoms with Crippen molar-refractivity contribution in [3.05, 3.63) is 63.9 Å². The SMILES string of the molecule is CCc1ccccc1C1(C(=O)Nc2cc(F)c(Cl)cc2C(=O)NC)CN(S(N)(=O)=O)C1. The highest BCUT2D eigenvalue weighted by Gasteiger charge is 2.54. The van der Waals surface area contributed by atoms with Gasteiger partial charge in [-0.3, -0.25) is 9.59 Å². The topological polar surface area (TPSA) is 122 Å². The van der Waals surface area contributed by atoms with Crippen LogP contribution in [0.4, 0.5) is 10.1 Å². The van der Waals surface area contributed by atoms with Gasteiger partial charge in [0.25, 0.3) is 16.1 Å². The third-order valence-corrected chi connectivity index (χ3v) is 6.65. The second-order valence-corrected chi connectivity index (χ2v) is 9.20. The average molecular weight is 469 g/mol. The number of nitrogens with zero attached hydrogens (tertiary/aromatic N) is 1. The van der Waals surface area contributed by atoms with Crippen molar-refractivity contribution in [1.29, 1.82) is 0 Å². The van der Waals surface area contributed by atoms with Crippen molar-refractivity contribution in [3.63, 3.8) is 0 Å². The quantitative estimate of drug-likeness (QED) is 0.598. The van der Waals surface area contributed by atoms with E-state index in [1.807, 2.05) is 19.1 Å². The van der Waals surface area contributed by atoms with Crippen LogP contribution in [0.25, 0.3) is 0 Å². The molecule has 1 aliphatic heterocycles. The van der Waals surface area contributed by atoms with E-state index in [9.17, 15) is 22.4 Å². The van der Waals surface area contributed by atoms with Gasteiger partial charge in [-0.1, -0.05) is 42.8 Å². The molecule has 0 radical (unpaired) electrons. The van der Waals surface area contributed by atoms with Crippen molar-refractivity contribution in [2.45, 2.75) is 18.8 Å². The minimum absolute atomic E-state index is 0.0243. The van der Waals surface area contributed by atoms with Crippen LogP contribution in [0.3, 0.4) is 0 Å². The van der Waals surface area contributed by atoms with Crippen molar-refractivity contribution < 1.29 is 22.4 Å². The molecule has 11 heteroatoms. The summed E-state index contributed by atoms with van der Waals surface area (Å²) in [6, 6.07) is 9.25. The molecular formula is C20H22ClFN4O4S. The van der Waals surface area contributed by atoms with Crippen LogP contribution in [0.5, 0.6) is 0 Å². The Balaban J connectivity index is 2.06. The van der Waals surface area contributed by atoms with E-state index in [0.29, 0.717) is 12.0 Å². The fourth-order valence-electron chi connectivity index (χ4n) is 3.68. The van der Waals surface area contributed by atoms with Gasteiger partial charge < -0.3 is 10.6 Å². The van der Waals surface area contributed by atoms with E-state index < -0.39 is 33.3 Å². The number of hydrogen-bond acceptors (Lipinski definition) is 4. The fraction of sp³-hybridized carbons (Fsp3) is 0.300. The van der Waals surface area contributed by atoms with Gasteiger partial charge in [0.15, 0.2) is 0 Å². The second-order valence-electron chi connectivity index (χ2n) is 7.25. The molecule has 0 bridgehead atoms. The molecule has 0 saturated carbocycles. The van der Waals surface area contributed by atoms with Gasteiger partial charge in [0, 0.05) is 20.1 Å². The Bertz CT molecular complexity index is 1150. The average Bonchev–Trinajstić information content (AvgIpc) is 2.68. The molecule has 0 aliphatic carbocycles. The first-order valence-corrected chi connectivity index (χ1v) is 11.3. The number of rotatable bonds is 6. The van der Waals surface area contributed by atoms with E-state index in [2.05, 4.69) is 10.6 Å². The molecule has 2 aromatic carbocycles. The van der Waals surface area contributed by atoms with Crippen LogP contribution >= 0.6 is 11.6 Å². The van der Waals surface area contributed by atoms with Crippen molar-refractivity contribution in [1.82, 2.24) is 9.62 Å². The smallest absolute Gasteiger partial charge is 0.276 e. The Morgan fingerprint density at radius 2 is 1.90 bits per heavy atom. The maximum atomic E-state index is 14.1. The normalized spacial score (nSPS) is 15.8. The number of carbonyl (C=O) groups excluding carboxylic acids is 2. The highest BCUT2D eigenvalue weighted by molar-refractivity contribution is 7.86. The van der Waals surface area contributed by atoms with Gasteiger partial charge in [-0.25, -0.2) is 9.53 Å². The lowest BCUT2D eigenvalue weighted by Gasteiger charge is -2.48. The zero-order valence-electron chi connectivity index (χ0n) is 16.9. The van der Waals surface area contributed by atoms with Gasteiger partial charge in [-0.15, -0.1) is 0 Å². The number of halogens is 2. The van der Waals surface area contributed by atoms with E-state index in [1.54, 1.807) is 12.1 Å².